The molecule has 1 aromatic heterocycles. The molecule has 2 amide bonds. The van der Waals surface area contributed by atoms with Gasteiger partial charge >= 0.3 is 0 Å². The highest BCUT2D eigenvalue weighted by Gasteiger charge is 2.38. The first kappa shape index (κ1) is 21.3. The number of piperidine rings is 1. The lowest BCUT2D eigenvalue weighted by molar-refractivity contribution is -0.126. The first-order valence-corrected chi connectivity index (χ1v) is 12.5. The summed E-state index contributed by atoms with van der Waals surface area (Å²) in [6.07, 6.45) is 9.22. The third-order valence-corrected chi connectivity index (χ3v) is 7.89. The lowest BCUT2D eigenvalue weighted by Crippen LogP contribution is -2.49. The zero-order valence-electron chi connectivity index (χ0n) is 18.3. The molecule has 1 saturated heterocycles. The van der Waals surface area contributed by atoms with Crippen LogP contribution in [0.5, 0.6) is 0 Å². The van der Waals surface area contributed by atoms with Crippen molar-refractivity contribution in [1.82, 2.24) is 20.5 Å². The van der Waals surface area contributed by atoms with Crippen molar-refractivity contribution in [3.8, 4) is 0 Å². The van der Waals surface area contributed by atoms with Gasteiger partial charge in [-0.05, 0) is 55.2 Å². The second-order valence-electron chi connectivity index (χ2n) is 9.23. The summed E-state index contributed by atoms with van der Waals surface area (Å²) in [6.45, 7) is 5.19. The average molecular weight is 451 g/mol. The Morgan fingerprint density at radius 2 is 2.09 bits per heavy atom. The van der Waals surface area contributed by atoms with Crippen molar-refractivity contribution >= 4 is 23.2 Å². The third kappa shape index (κ3) is 4.36. The summed E-state index contributed by atoms with van der Waals surface area (Å²) in [6, 6.07) is 6.36. The molecule has 5 rings (SSSR count). The molecule has 7 heteroatoms. The first-order valence-electron chi connectivity index (χ1n) is 11.6. The zero-order chi connectivity index (χ0) is 22.1. The van der Waals surface area contributed by atoms with Gasteiger partial charge in [-0.3, -0.25) is 9.59 Å². The fraction of sp³-hybridized carbons (Fsp3) is 0.480. The van der Waals surface area contributed by atoms with Crippen LogP contribution in [0.15, 0.2) is 42.1 Å². The van der Waals surface area contributed by atoms with Crippen LogP contribution in [0.2, 0.25) is 0 Å². The van der Waals surface area contributed by atoms with Crippen LogP contribution in [0.3, 0.4) is 0 Å². The average Bonchev–Trinajstić information content (AvgIpc) is 3.41. The van der Waals surface area contributed by atoms with Crippen LogP contribution < -0.4 is 10.6 Å². The number of hydrogen-bond donors (Lipinski definition) is 2. The number of hydrogen-bond acceptors (Lipinski definition) is 5. The number of carbonyl (C=O) groups is 2. The maximum absolute atomic E-state index is 13.0. The van der Waals surface area contributed by atoms with Gasteiger partial charge in [0.15, 0.2) is 0 Å². The van der Waals surface area contributed by atoms with E-state index in [1.165, 1.54) is 31.2 Å². The van der Waals surface area contributed by atoms with Crippen LogP contribution in [-0.4, -0.2) is 33.8 Å². The minimum atomic E-state index is -0.401. The van der Waals surface area contributed by atoms with Crippen molar-refractivity contribution in [2.75, 3.05) is 0 Å². The zero-order valence-corrected chi connectivity index (χ0v) is 19.1. The monoisotopic (exact) mass is 450 g/mol. The Morgan fingerprint density at radius 1 is 1.22 bits per heavy atom. The second-order valence-corrected chi connectivity index (χ2v) is 10.2. The van der Waals surface area contributed by atoms with E-state index < -0.39 is 6.04 Å². The van der Waals surface area contributed by atoms with Crippen molar-refractivity contribution in [3.63, 3.8) is 0 Å². The first-order chi connectivity index (χ1) is 15.6. The Bertz CT molecular complexity index is 1020. The van der Waals surface area contributed by atoms with Gasteiger partial charge in [0.05, 0.1) is 0 Å². The maximum Gasteiger partial charge on any atom is 0.255 e. The lowest BCUT2D eigenvalue weighted by atomic mass is 9.80. The number of allylic oxidation sites excluding steroid dienone is 1. The van der Waals surface area contributed by atoms with E-state index in [9.17, 15) is 9.59 Å². The second kappa shape index (κ2) is 9.16. The van der Waals surface area contributed by atoms with E-state index in [1.807, 2.05) is 17.6 Å². The molecule has 32 heavy (non-hydrogen) atoms. The third-order valence-electron chi connectivity index (χ3n) is 7.11. The van der Waals surface area contributed by atoms with Gasteiger partial charge in [0, 0.05) is 42.0 Å². The standard InChI is InChI=1S/C25H30N4O2S/c1-16-6-9-22(24(30)28-16)29-15-19-13-17(7-8-20(19)25(29)31)12-18-4-2-3-5-21(18)27-14-23-26-10-11-32-23/h7-8,10-11,13,18,21-22,27H,1-6,9,12,14-15H2,(H,28,30)/t18-,21+,22?/m1/s1. The number of benzene rings is 1. The molecular weight excluding hydrogens is 420 g/mol. The maximum atomic E-state index is 13.0. The highest BCUT2D eigenvalue weighted by molar-refractivity contribution is 7.09. The molecule has 1 saturated carbocycles. The van der Waals surface area contributed by atoms with E-state index in [0.717, 1.165) is 41.2 Å². The fourth-order valence-electron chi connectivity index (χ4n) is 5.42. The number of fused-ring (bicyclic) bond motifs is 1. The number of nitrogens with zero attached hydrogens (tertiary/aromatic N) is 2. The van der Waals surface area contributed by atoms with Crippen LogP contribution in [0, 0.1) is 5.92 Å². The summed E-state index contributed by atoms with van der Waals surface area (Å²) in [4.78, 5) is 31.5. The van der Waals surface area contributed by atoms with E-state index in [-0.39, 0.29) is 11.8 Å². The number of nitrogens with one attached hydrogen (secondary N) is 2. The fourth-order valence-corrected chi connectivity index (χ4v) is 5.98. The molecule has 2 fully saturated rings. The Labute approximate surface area is 193 Å². The number of aromatic nitrogens is 1. The molecule has 2 N–H and O–H groups in total. The predicted molar refractivity (Wildman–Crippen MR) is 125 cm³/mol. The summed E-state index contributed by atoms with van der Waals surface area (Å²) in [5.41, 5.74) is 3.82. The van der Waals surface area contributed by atoms with Gasteiger partial charge in [-0.2, -0.15) is 0 Å². The molecule has 2 aromatic rings. The van der Waals surface area contributed by atoms with Gasteiger partial charge < -0.3 is 15.5 Å². The smallest absolute Gasteiger partial charge is 0.255 e. The Morgan fingerprint density at radius 3 is 2.91 bits per heavy atom. The summed E-state index contributed by atoms with van der Waals surface area (Å²) in [5, 5.41) is 9.72. The molecular formula is C25H30N4O2S. The van der Waals surface area contributed by atoms with Crippen molar-refractivity contribution in [2.24, 2.45) is 5.92 Å². The quantitative estimate of drug-likeness (QED) is 0.702. The number of amides is 2. The highest BCUT2D eigenvalue weighted by Crippen LogP contribution is 2.32. The van der Waals surface area contributed by atoms with Gasteiger partial charge in [0.1, 0.15) is 11.0 Å². The van der Waals surface area contributed by atoms with Gasteiger partial charge in [-0.15, -0.1) is 11.3 Å². The minimum absolute atomic E-state index is 0.0279. The molecule has 1 aromatic carbocycles. The molecule has 0 bridgehead atoms. The van der Waals surface area contributed by atoms with E-state index in [0.29, 0.717) is 24.9 Å². The normalized spacial score (nSPS) is 25.7. The summed E-state index contributed by atoms with van der Waals surface area (Å²) in [5.74, 6) is 0.448. The van der Waals surface area contributed by atoms with Crippen LogP contribution in [0.25, 0.3) is 0 Å². The van der Waals surface area contributed by atoms with Crippen molar-refractivity contribution in [2.45, 2.75) is 70.1 Å². The van der Waals surface area contributed by atoms with E-state index in [2.05, 4.69) is 34.3 Å². The number of thiazole rings is 1. The Hall–Kier alpha value is -2.51. The van der Waals surface area contributed by atoms with E-state index in [4.69, 9.17) is 0 Å². The molecule has 6 nitrogen and oxygen atoms in total. The molecule has 2 aliphatic heterocycles. The predicted octanol–water partition coefficient (Wildman–Crippen LogP) is 3.78. The summed E-state index contributed by atoms with van der Waals surface area (Å²) in [7, 11) is 0. The van der Waals surface area contributed by atoms with E-state index >= 15 is 0 Å². The molecule has 3 aliphatic rings. The van der Waals surface area contributed by atoms with Crippen LogP contribution in [-0.2, 0) is 24.3 Å². The van der Waals surface area contributed by atoms with Crippen molar-refractivity contribution < 1.29 is 9.59 Å². The van der Waals surface area contributed by atoms with Crippen molar-refractivity contribution in [1.29, 1.82) is 0 Å². The van der Waals surface area contributed by atoms with Crippen molar-refractivity contribution in [3.05, 3.63) is 63.7 Å². The van der Waals surface area contributed by atoms with Crippen LogP contribution in [0.1, 0.15) is 65.0 Å². The number of rotatable bonds is 6. The molecule has 0 radical (unpaired) electrons. The van der Waals surface area contributed by atoms with Gasteiger partial charge in [0.2, 0.25) is 5.91 Å². The molecule has 3 heterocycles. The summed E-state index contributed by atoms with van der Waals surface area (Å²) < 4.78 is 0. The van der Waals surface area contributed by atoms with Gasteiger partial charge in [0.25, 0.3) is 5.91 Å². The molecule has 0 spiro atoms. The lowest BCUT2D eigenvalue weighted by Gasteiger charge is -2.32. The Balaban J connectivity index is 1.26. The van der Waals surface area contributed by atoms with Crippen LogP contribution in [0.4, 0.5) is 0 Å². The Kier molecular flexibility index (Phi) is 6.11. The molecule has 3 atom stereocenters. The topological polar surface area (TPSA) is 74.3 Å². The minimum Gasteiger partial charge on any atom is -0.329 e. The molecule has 1 aliphatic carbocycles. The number of carbonyl (C=O) groups excluding carboxylic acids is 2. The molecule has 168 valence electrons. The summed E-state index contributed by atoms with van der Waals surface area (Å²) >= 11 is 1.70. The van der Waals surface area contributed by atoms with Crippen LogP contribution >= 0.6 is 11.3 Å². The highest BCUT2D eigenvalue weighted by atomic mass is 32.1. The van der Waals surface area contributed by atoms with Gasteiger partial charge in [-0.25, -0.2) is 4.98 Å². The SMILES string of the molecule is C=C1CCC(N2Cc3cc(C[C@H]4CCCC[C@@H]4NCc4nccs4)ccc3C2=O)C(=O)N1. The van der Waals surface area contributed by atoms with E-state index in [1.54, 1.807) is 16.2 Å². The molecule has 1 unspecified atom stereocenters. The largest absolute Gasteiger partial charge is 0.329 e. The van der Waals surface area contributed by atoms with Gasteiger partial charge in [-0.1, -0.05) is 31.6 Å².